The van der Waals surface area contributed by atoms with Gasteiger partial charge in [-0.25, -0.2) is 13.6 Å². The maximum absolute atomic E-state index is 11.4. The van der Waals surface area contributed by atoms with E-state index in [0.717, 1.165) is 39.0 Å². The van der Waals surface area contributed by atoms with E-state index in [2.05, 4.69) is 17.1 Å². The summed E-state index contributed by atoms with van der Waals surface area (Å²) in [6.07, 6.45) is 2.32. The van der Waals surface area contributed by atoms with Crippen LogP contribution in [-0.4, -0.2) is 39.5 Å². The fraction of sp³-hybridized carbons (Fsp3) is 0.571. The molecule has 0 bridgehead atoms. The lowest BCUT2D eigenvalue weighted by atomic mass is 9.97. The Morgan fingerprint density at radius 1 is 1.29 bits per heavy atom. The summed E-state index contributed by atoms with van der Waals surface area (Å²) in [4.78, 5) is 2.49. The van der Waals surface area contributed by atoms with Crippen molar-refractivity contribution in [1.29, 1.82) is 0 Å². The van der Waals surface area contributed by atoms with Crippen LogP contribution in [0.25, 0.3) is 0 Å². The molecule has 2 rings (SSSR count). The normalized spacial score (nSPS) is 17.8. The first-order chi connectivity index (χ1) is 9.88. The third-order valence-electron chi connectivity index (χ3n) is 4.01. The van der Waals surface area contributed by atoms with Gasteiger partial charge in [-0.2, -0.15) is 0 Å². The first kappa shape index (κ1) is 16.1. The third-order valence-corrected chi connectivity index (χ3v) is 4.90. The van der Waals surface area contributed by atoms with Crippen LogP contribution >= 0.6 is 0 Å². The fourth-order valence-corrected chi connectivity index (χ4v) is 3.25. The van der Waals surface area contributed by atoms with Crippen molar-refractivity contribution in [3.8, 4) is 0 Å². The van der Waals surface area contributed by atoms with Crippen molar-refractivity contribution < 1.29 is 8.42 Å². The predicted molar refractivity (Wildman–Crippen MR) is 85.6 cm³/mol. The van der Waals surface area contributed by atoms with Crippen LogP contribution in [0.2, 0.25) is 0 Å². The summed E-state index contributed by atoms with van der Waals surface area (Å²) < 4.78 is 22.8. The number of nitrogens with two attached hydrogens (primary N) is 2. The number of hydrogen-bond donors (Lipinski definition) is 3. The van der Waals surface area contributed by atoms with Crippen LogP contribution in [0.1, 0.15) is 19.8 Å². The van der Waals surface area contributed by atoms with Crippen LogP contribution in [-0.2, 0) is 10.0 Å². The maximum atomic E-state index is 11.4. The Labute approximate surface area is 126 Å². The van der Waals surface area contributed by atoms with E-state index in [1.165, 1.54) is 12.1 Å². The summed E-state index contributed by atoms with van der Waals surface area (Å²) >= 11 is 0. The number of benzene rings is 1. The van der Waals surface area contributed by atoms with Crippen molar-refractivity contribution in [2.45, 2.75) is 24.7 Å². The minimum atomic E-state index is -3.73. The van der Waals surface area contributed by atoms with Crippen molar-refractivity contribution in [1.82, 2.24) is 4.90 Å². The van der Waals surface area contributed by atoms with E-state index in [-0.39, 0.29) is 4.90 Å². The molecule has 0 amide bonds. The zero-order chi connectivity index (χ0) is 15.5. The van der Waals surface area contributed by atoms with Crippen LogP contribution in [0.3, 0.4) is 0 Å². The van der Waals surface area contributed by atoms with E-state index in [9.17, 15) is 8.42 Å². The van der Waals surface area contributed by atoms with Gasteiger partial charge in [0, 0.05) is 17.9 Å². The van der Waals surface area contributed by atoms with E-state index >= 15 is 0 Å². The monoisotopic (exact) mass is 312 g/mol. The average molecular weight is 312 g/mol. The maximum Gasteiger partial charge on any atom is 0.238 e. The second kappa shape index (κ2) is 6.64. The quantitative estimate of drug-likeness (QED) is 0.706. The number of primary sulfonamides is 1. The number of nitrogens with zero attached hydrogens (tertiary/aromatic N) is 1. The molecule has 1 aromatic carbocycles. The Morgan fingerprint density at radius 3 is 2.52 bits per heavy atom. The van der Waals surface area contributed by atoms with Gasteiger partial charge >= 0.3 is 0 Å². The van der Waals surface area contributed by atoms with Crippen LogP contribution in [0.5, 0.6) is 0 Å². The molecular weight excluding hydrogens is 288 g/mol. The van der Waals surface area contributed by atoms with Gasteiger partial charge in [0.15, 0.2) is 0 Å². The minimum Gasteiger partial charge on any atom is -0.399 e. The Hall–Kier alpha value is -1.31. The highest BCUT2D eigenvalue weighted by Crippen LogP contribution is 2.22. The Balaban J connectivity index is 1.96. The van der Waals surface area contributed by atoms with E-state index in [0.29, 0.717) is 17.3 Å². The number of rotatable bonds is 5. The molecular formula is C14H24N4O2S. The molecule has 1 aromatic rings. The largest absolute Gasteiger partial charge is 0.399 e. The molecule has 1 heterocycles. The molecule has 0 spiro atoms. The number of likely N-dealkylation sites (tertiary alicyclic amines) is 1. The van der Waals surface area contributed by atoms with Gasteiger partial charge in [-0.1, -0.05) is 6.92 Å². The Kier molecular flexibility index (Phi) is 5.08. The zero-order valence-corrected chi connectivity index (χ0v) is 13.2. The molecule has 0 aliphatic carbocycles. The second-order valence-corrected chi connectivity index (χ2v) is 7.16. The van der Waals surface area contributed by atoms with Crippen LogP contribution in [0, 0.1) is 5.92 Å². The summed E-state index contributed by atoms with van der Waals surface area (Å²) in [6, 6.07) is 4.64. The molecule has 0 radical (unpaired) electrons. The Morgan fingerprint density at radius 2 is 1.95 bits per heavy atom. The van der Waals surface area contributed by atoms with Gasteiger partial charge in [-0.05, 0) is 56.6 Å². The third kappa shape index (κ3) is 4.59. The number of nitrogens with one attached hydrogen (secondary N) is 1. The lowest BCUT2D eigenvalue weighted by molar-refractivity contribution is 0.198. The zero-order valence-electron chi connectivity index (χ0n) is 12.4. The van der Waals surface area contributed by atoms with E-state index in [4.69, 9.17) is 10.9 Å². The predicted octanol–water partition coefficient (Wildman–Crippen LogP) is 1.06. The molecule has 0 aromatic heterocycles. The van der Waals surface area contributed by atoms with Crippen LogP contribution < -0.4 is 16.2 Å². The average Bonchev–Trinajstić information content (AvgIpc) is 2.44. The van der Waals surface area contributed by atoms with Gasteiger partial charge in [0.25, 0.3) is 0 Å². The van der Waals surface area contributed by atoms with Gasteiger partial charge in [0.2, 0.25) is 10.0 Å². The molecule has 6 nitrogen and oxygen atoms in total. The highest BCUT2D eigenvalue weighted by molar-refractivity contribution is 7.89. The molecule has 0 saturated carbocycles. The van der Waals surface area contributed by atoms with Crippen molar-refractivity contribution in [3.63, 3.8) is 0 Å². The molecule has 0 unspecified atom stereocenters. The van der Waals surface area contributed by atoms with Crippen molar-refractivity contribution in [3.05, 3.63) is 18.2 Å². The smallest absolute Gasteiger partial charge is 0.238 e. The van der Waals surface area contributed by atoms with Crippen LogP contribution in [0.4, 0.5) is 11.4 Å². The fourth-order valence-electron chi connectivity index (χ4n) is 2.66. The van der Waals surface area contributed by atoms with E-state index in [1.807, 2.05) is 0 Å². The summed E-state index contributed by atoms with van der Waals surface area (Å²) in [5.41, 5.74) is 6.83. The Bertz CT molecular complexity index is 581. The molecule has 118 valence electrons. The molecule has 5 N–H and O–H groups in total. The van der Waals surface area contributed by atoms with Crippen molar-refractivity contribution >= 4 is 21.4 Å². The molecule has 1 fully saturated rings. The SMILES string of the molecule is CCN1CCC(CNc2cc(N)cc(S(N)(=O)=O)c2)CC1. The van der Waals surface area contributed by atoms with E-state index in [1.54, 1.807) is 6.07 Å². The second-order valence-electron chi connectivity index (χ2n) is 5.59. The summed E-state index contributed by atoms with van der Waals surface area (Å²) in [5.74, 6) is 0.604. The molecule has 0 atom stereocenters. The number of hydrogen-bond acceptors (Lipinski definition) is 5. The standard InChI is InChI=1S/C14H24N4O2S/c1-2-18-5-3-11(4-6-18)10-17-13-7-12(15)8-14(9-13)21(16,19)20/h7-9,11,17H,2-6,10,15H2,1H3,(H2,16,19,20). The van der Waals surface area contributed by atoms with E-state index < -0.39 is 10.0 Å². The summed E-state index contributed by atoms with van der Waals surface area (Å²) in [5, 5.41) is 8.43. The number of piperidine rings is 1. The summed E-state index contributed by atoms with van der Waals surface area (Å²) in [6.45, 7) is 6.36. The molecule has 7 heteroatoms. The number of anilines is 2. The topological polar surface area (TPSA) is 101 Å². The first-order valence-corrected chi connectivity index (χ1v) is 8.82. The van der Waals surface area contributed by atoms with Gasteiger partial charge in [-0.15, -0.1) is 0 Å². The molecule has 1 saturated heterocycles. The number of sulfonamides is 1. The minimum absolute atomic E-state index is 0.0470. The van der Waals surface area contributed by atoms with Gasteiger partial charge in [0.05, 0.1) is 4.90 Å². The lowest BCUT2D eigenvalue weighted by Crippen LogP contribution is -2.35. The highest BCUT2D eigenvalue weighted by atomic mass is 32.2. The number of nitrogen functional groups attached to an aromatic ring is 1. The van der Waals surface area contributed by atoms with Crippen molar-refractivity contribution in [2.24, 2.45) is 11.1 Å². The molecule has 1 aliphatic rings. The lowest BCUT2D eigenvalue weighted by Gasteiger charge is -2.31. The van der Waals surface area contributed by atoms with Gasteiger partial charge < -0.3 is 16.0 Å². The first-order valence-electron chi connectivity index (χ1n) is 7.28. The van der Waals surface area contributed by atoms with Gasteiger partial charge in [-0.3, -0.25) is 0 Å². The van der Waals surface area contributed by atoms with Crippen molar-refractivity contribution in [2.75, 3.05) is 37.2 Å². The highest BCUT2D eigenvalue weighted by Gasteiger charge is 2.18. The van der Waals surface area contributed by atoms with Gasteiger partial charge in [0.1, 0.15) is 0 Å². The molecule has 1 aliphatic heterocycles. The van der Waals surface area contributed by atoms with Crippen LogP contribution in [0.15, 0.2) is 23.1 Å². The summed E-state index contributed by atoms with van der Waals surface area (Å²) in [7, 11) is -3.73. The molecule has 21 heavy (non-hydrogen) atoms.